The Morgan fingerprint density at radius 1 is 0.426 bits per heavy atom. The second kappa shape index (κ2) is 12.5. The zero-order valence-electron chi connectivity index (χ0n) is 30.0. The van der Waals surface area contributed by atoms with Crippen LogP contribution < -0.4 is 0 Å². The van der Waals surface area contributed by atoms with Gasteiger partial charge in [-0.2, -0.15) is 5.26 Å². The van der Waals surface area contributed by atoms with Crippen molar-refractivity contribution < 1.29 is 0 Å². The first-order valence-electron chi connectivity index (χ1n) is 18.3. The third-order valence-electron chi connectivity index (χ3n) is 10.8. The van der Waals surface area contributed by atoms with Crippen LogP contribution in [0.15, 0.2) is 170 Å². The number of nitrogens with zero attached hydrogens (tertiary/aromatic N) is 4. The second-order valence-electron chi connectivity index (χ2n) is 14.1. The van der Waals surface area contributed by atoms with Crippen LogP contribution in [0.3, 0.4) is 0 Å². The van der Waals surface area contributed by atoms with Gasteiger partial charge in [-0.1, -0.05) is 132 Å². The van der Waals surface area contributed by atoms with E-state index >= 15 is 0 Å². The molecule has 0 aliphatic heterocycles. The Hall–Kier alpha value is -7.22. The number of pyridine rings is 1. The maximum atomic E-state index is 9.78. The molecule has 0 N–H and O–H groups in total. The Kier molecular flexibility index (Phi) is 7.28. The average molecular weight is 691 g/mol. The molecule has 0 atom stereocenters. The van der Waals surface area contributed by atoms with Gasteiger partial charge in [-0.3, -0.25) is 4.98 Å². The highest BCUT2D eigenvalue weighted by Gasteiger charge is 2.23. The van der Waals surface area contributed by atoms with Gasteiger partial charge in [0.1, 0.15) is 0 Å². The fourth-order valence-corrected chi connectivity index (χ4v) is 8.10. The highest BCUT2D eigenvalue weighted by Crippen LogP contribution is 2.43. The molecule has 0 aliphatic carbocycles. The van der Waals surface area contributed by atoms with Crippen molar-refractivity contribution in [2.24, 2.45) is 0 Å². The number of aryl methyl sites for hydroxylation is 2. The fourth-order valence-electron chi connectivity index (χ4n) is 8.10. The monoisotopic (exact) mass is 690 g/mol. The van der Waals surface area contributed by atoms with E-state index in [9.17, 15) is 5.26 Å². The summed E-state index contributed by atoms with van der Waals surface area (Å²) in [5.74, 6) is 0. The van der Waals surface area contributed by atoms with E-state index in [4.69, 9.17) is 4.98 Å². The van der Waals surface area contributed by atoms with Crippen LogP contribution >= 0.6 is 0 Å². The van der Waals surface area contributed by atoms with E-state index in [1.54, 1.807) is 0 Å². The summed E-state index contributed by atoms with van der Waals surface area (Å²) in [6, 6.07) is 58.5. The van der Waals surface area contributed by atoms with E-state index in [1.165, 1.54) is 43.8 Å². The second-order valence-corrected chi connectivity index (χ2v) is 14.1. The highest BCUT2D eigenvalue weighted by atomic mass is 15.0. The lowest BCUT2D eigenvalue weighted by Gasteiger charge is -2.20. The highest BCUT2D eigenvalue weighted by molar-refractivity contribution is 6.13. The molecule has 4 nitrogen and oxygen atoms in total. The average Bonchev–Trinajstić information content (AvgIpc) is 3.73. The van der Waals surface area contributed by atoms with Crippen LogP contribution in [-0.2, 0) is 0 Å². The lowest BCUT2D eigenvalue weighted by molar-refractivity contribution is 1.09. The summed E-state index contributed by atoms with van der Waals surface area (Å²) in [4.78, 5) is 5.03. The quantitative estimate of drug-likeness (QED) is 0.180. The van der Waals surface area contributed by atoms with Crippen molar-refractivity contribution in [1.82, 2.24) is 14.1 Å². The molecule has 254 valence electrons. The Bertz CT molecular complexity index is 2920. The van der Waals surface area contributed by atoms with E-state index in [2.05, 4.69) is 175 Å². The molecular formula is C50H34N4. The molecule has 0 saturated heterocycles. The smallest absolute Gasteiger partial charge is 0.0991 e. The van der Waals surface area contributed by atoms with Crippen LogP contribution in [0.4, 0.5) is 0 Å². The van der Waals surface area contributed by atoms with E-state index in [0.717, 1.165) is 55.7 Å². The number of nitriles is 1. The summed E-state index contributed by atoms with van der Waals surface area (Å²) in [6.07, 6.45) is 3.99. The van der Waals surface area contributed by atoms with Crippen molar-refractivity contribution in [3.63, 3.8) is 0 Å². The molecule has 3 aromatic heterocycles. The third kappa shape index (κ3) is 5.02. The maximum absolute atomic E-state index is 9.78. The summed E-state index contributed by atoms with van der Waals surface area (Å²) in [6.45, 7) is 4.24. The first-order valence-corrected chi connectivity index (χ1v) is 18.3. The van der Waals surface area contributed by atoms with Crippen LogP contribution in [0.2, 0.25) is 0 Å². The Morgan fingerprint density at radius 3 is 1.30 bits per heavy atom. The number of benzene rings is 7. The molecule has 3 heterocycles. The Morgan fingerprint density at radius 2 is 0.833 bits per heavy atom. The molecule has 0 amide bonds. The van der Waals surface area contributed by atoms with Gasteiger partial charge in [-0.15, -0.1) is 0 Å². The van der Waals surface area contributed by atoms with Gasteiger partial charge in [0.25, 0.3) is 0 Å². The minimum Gasteiger partial charge on any atom is -0.307 e. The van der Waals surface area contributed by atoms with E-state index < -0.39 is 0 Å². The van der Waals surface area contributed by atoms with Gasteiger partial charge in [-0.25, -0.2) is 0 Å². The predicted octanol–water partition coefficient (Wildman–Crippen LogP) is 12.8. The minimum absolute atomic E-state index is 0.620. The lowest BCUT2D eigenvalue weighted by atomic mass is 10.0. The summed E-state index contributed by atoms with van der Waals surface area (Å²) in [5, 5.41) is 14.5. The largest absolute Gasteiger partial charge is 0.307 e. The normalized spacial score (nSPS) is 11.5. The molecule has 0 bridgehead atoms. The molecular weight excluding hydrogens is 657 g/mol. The van der Waals surface area contributed by atoms with Gasteiger partial charge in [0.15, 0.2) is 0 Å². The molecule has 7 aromatic carbocycles. The van der Waals surface area contributed by atoms with Gasteiger partial charge < -0.3 is 9.13 Å². The van der Waals surface area contributed by atoms with Crippen molar-refractivity contribution >= 4 is 43.6 Å². The number of rotatable bonds is 5. The molecule has 0 unspecified atom stereocenters. The van der Waals surface area contributed by atoms with E-state index in [0.29, 0.717) is 5.56 Å². The van der Waals surface area contributed by atoms with Crippen LogP contribution in [0.25, 0.3) is 88.4 Å². The molecule has 54 heavy (non-hydrogen) atoms. The summed E-state index contributed by atoms with van der Waals surface area (Å²) in [5.41, 5.74) is 16.1. The van der Waals surface area contributed by atoms with Crippen LogP contribution in [0.1, 0.15) is 16.7 Å². The van der Waals surface area contributed by atoms with Gasteiger partial charge in [0.05, 0.1) is 57.5 Å². The minimum atomic E-state index is 0.620. The van der Waals surface area contributed by atoms with Crippen molar-refractivity contribution in [2.75, 3.05) is 0 Å². The molecule has 0 saturated carbocycles. The number of fused-ring (bicyclic) bond motifs is 6. The van der Waals surface area contributed by atoms with Gasteiger partial charge in [0.2, 0.25) is 0 Å². The molecule has 0 fully saturated rings. The molecule has 0 aliphatic rings. The topological polar surface area (TPSA) is 46.5 Å². The molecule has 0 radical (unpaired) electrons. The zero-order valence-corrected chi connectivity index (χ0v) is 30.0. The standard InChI is InChI=1S/C50H34N4/c1-32-11-17-35(18-12-32)38-23-25-42-40-7-3-5-9-44(40)53(46(42)27-38)48-30-52-31-49(50(48)37-21-15-34(29-51)16-22-37)54-45-10-6-4-8-41(45)43-26-24-39(28-47(43)54)36-19-13-33(2)14-20-36/h3-28,30-31H,1-2H3. The Balaban J connectivity index is 1.32. The van der Waals surface area contributed by atoms with E-state index in [-0.39, 0.29) is 0 Å². The number of hydrogen-bond acceptors (Lipinski definition) is 2. The fraction of sp³-hybridized carbons (Fsp3) is 0.0400. The number of hydrogen-bond donors (Lipinski definition) is 0. The number of aromatic nitrogens is 3. The SMILES string of the molecule is Cc1ccc(-c2ccc3c4ccccc4n(-c4cncc(-n5c6ccccc6c6ccc(-c7ccc(C)cc7)cc65)c4-c4ccc(C#N)cc4)c3c2)cc1. The van der Waals surface area contributed by atoms with Gasteiger partial charge >= 0.3 is 0 Å². The van der Waals surface area contributed by atoms with Crippen molar-refractivity contribution in [2.45, 2.75) is 13.8 Å². The summed E-state index contributed by atoms with van der Waals surface area (Å²) >= 11 is 0. The van der Waals surface area contributed by atoms with Crippen molar-refractivity contribution in [3.8, 4) is 50.8 Å². The number of para-hydroxylation sites is 2. The lowest BCUT2D eigenvalue weighted by Crippen LogP contribution is -2.05. The maximum Gasteiger partial charge on any atom is 0.0991 e. The van der Waals surface area contributed by atoms with E-state index in [1.807, 2.05) is 24.5 Å². The molecule has 4 heteroatoms. The zero-order chi connectivity index (χ0) is 36.3. The summed E-state index contributed by atoms with van der Waals surface area (Å²) in [7, 11) is 0. The van der Waals surface area contributed by atoms with Crippen LogP contribution in [0.5, 0.6) is 0 Å². The van der Waals surface area contributed by atoms with Gasteiger partial charge in [0, 0.05) is 27.1 Å². The molecule has 10 aromatic rings. The van der Waals surface area contributed by atoms with Crippen molar-refractivity contribution in [3.05, 3.63) is 187 Å². The Labute approximate surface area is 313 Å². The van der Waals surface area contributed by atoms with Gasteiger partial charge in [-0.05, 0) is 78.1 Å². The first kappa shape index (κ1) is 31.5. The first-order chi connectivity index (χ1) is 26.6. The van der Waals surface area contributed by atoms with Crippen LogP contribution in [0, 0.1) is 25.2 Å². The van der Waals surface area contributed by atoms with Crippen molar-refractivity contribution in [1.29, 1.82) is 5.26 Å². The molecule has 0 spiro atoms. The third-order valence-corrected chi connectivity index (χ3v) is 10.8. The van der Waals surface area contributed by atoms with Crippen LogP contribution in [-0.4, -0.2) is 14.1 Å². The summed E-state index contributed by atoms with van der Waals surface area (Å²) < 4.78 is 4.75. The molecule has 10 rings (SSSR count). The predicted molar refractivity (Wildman–Crippen MR) is 223 cm³/mol.